The topological polar surface area (TPSA) is 82.4 Å². The van der Waals surface area contributed by atoms with Crippen LogP contribution >= 0.6 is 0 Å². The van der Waals surface area contributed by atoms with E-state index in [-0.39, 0.29) is 34.4 Å². The van der Waals surface area contributed by atoms with E-state index in [0.717, 1.165) is 0 Å². The molecule has 26 heavy (non-hydrogen) atoms. The Morgan fingerprint density at radius 3 is 2.12 bits per heavy atom. The van der Waals surface area contributed by atoms with Gasteiger partial charge < -0.3 is 9.30 Å². The molecule has 1 aromatic carbocycles. The first-order valence-corrected chi connectivity index (χ1v) is 8.56. The van der Waals surface area contributed by atoms with E-state index in [9.17, 15) is 19.2 Å². The van der Waals surface area contributed by atoms with Crippen molar-refractivity contribution in [3.63, 3.8) is 0 Å². The molecule has 0 saturated heterocycles. The van der Waals surface area contributed by atoms with Gasteiger partial charge in [-0.05, 0) is 20.3 Å². The van der Waals surface area contributed by atoms with Gasteiger partial charge in [0.15, 0.2) is 11.6 Å². The number of carbonyl (C=O) groups is 3. The number of nitrogens with zero attached hydrogens (tertiary/aromatic N) is 1. The highest BCUT2D eigenvalue weighted by molar-refractivity contribution is 6.30. The molecule has 0 aliphatic heterocycles. The second-order valence-corrected chi connectivity index (χ2v) is 6.09. The molecular weight excluding hydrogens is 334 g/mol. The normalized spacial score (nSPS) is 12.6. The number of hydrogen-bond donors (Lipinski definition) is 0. The average molecular weight is 353 g/mol. The third-order valence-electron chi connectivity index (χ3n) is 4.52. The molecule has 1 aromatic heterocycles. The summed E-state index contributed by atoms with van der Waals surface area (Å²) in [6, 6.07) is 6.33. The lowest BCUT2D eigenvalue weighted by Gasteiger charge is -2.23. The Bertz CT molecular complexity index is 1000. The van der Waals surface area contributed by atoms with E-state index >= 15 is 0 Å². The van der Waals surface area contributed by atoms with Crippen LogP contribution in [0.25, 0.3) is 0 Å². The lowest BCUT2D eigenvalue weighted by molar-refractivity contribution is 0.0521. The summed E-state index contributed by atoms with van der Waals surface area (Å²) < 4.78 is 6.48. The molecule has 134 valence electrons. The number of esters is 1. The average Bonchev–Trinajstić information content (AvgIpc) is 2.63. The Balaban J connectivity index is 2.43. The predicted octanol–water partition coefficient (Wildman–Crippen LogP) is 2.52. The largest absolute Gasteiger partial charge is 0.462 e. The minimum absolute atomic E-state index is 0.00255. The van der Waals surface area contributed by atoms with Crippen LogP contribution in [0.4, 0.5) is 0 Å². The highest BCUT2D eigenvalue weighted by Crippen LogP contribution is 2.29. The van der Waals surface area contributed by atoms with Crippen molar-refractivity contribution in [3.05, 3.63) is 68.1 Å². The molecule has 1 aliphatic carbocycles. The molecule has 1 heterocycles. The Labute approximate surface area is 150 Å². The van der Waals surface area contributed by atoms with Crippen LogP contribution in [-0.2, 0) is 11.3 Å². The quantitative estimate of drug-likeness (QED) is 0.673. The number of fused-ring (bicyclic) bond motifs is 2. The number of ether oxygens (including phenoxy) is 1. The van der Waals surface area contributed by atoms with E-state index < -0.39 is 23.1 Å². The van der Waals surface area contributed by atoms with Gasteiger partial charge in [0.2, 0.25) is 0 Å². The van der Waals surface area contributed by atoms with Gasteiger partial charge in [0, 0.05) is 23.4 Å². The number of pyridine rings is 1. The second-order valence-electron chi connectivity index (χ2n) is 6.09. The molecule has 0 amide bonds. The smallest absolute Gasteiger partial charge is 0.340 e. The fourth-order valence-corrected chi connectivity index (χ4v) is 3.37. The van der Waals surface area contributed by atoms with Crippen LogP contribution in [0.1, 0.15) is 68.2 Å². The fraction of sp³-hybridized carbons (Fsp3) is 0.300. The molecular formula is C20H19NO5. The van der Waals surface area contributed by atoms with Gasteiger partial charge >= 0.3 is 5.97 Å². The van der Waals surface area contributed by atoms with Gasteiger partial charge in [-0.2, -0.15) is 0 Å². The first kappa shape index (κ1) is 17.8. The molecule has 6 nitrogen and oxygen atoms in total. The maximum absolute atomic E-state index is 13.0. The van der Waals surface area contributed by atoms with Crippen LogP contribution in [0.15, 0.2) is 29.1 Å². The van der Waals surface area contributed by atoms with E-state index in [4.69, 9.17) is 4.74 Å². The SMILES string of the molecule is CCCn1c(C)c(C(=O)OCC)c2c(c1=O)C(=O)c1ccccc1C2=O. The van der Waals surface area contributed by atoms with Crippen LogP contribution in [-0.4, -0.2) is 28.7 Å². The molecule has 0 bridgehead atoms. The van der Waals surface area contributed by atoms with Gasteiger partial charge in [-0.25, -0.2) is 4.79 Å². The van der Waals surface area contributed by atoms with Gasteiger partial charge in [0.05, 0.1) is 23.3 Å². The van der Waals surface area contributed by atoms with Crippen molar-refractivity contribution in [1.82, 2.24) is 4.57 Å². The highest BCUT2D eigenvalue weighted by Gasteiger charge is 2.38. The van der Waals surface area contributed by atoms with Crippen molar-refractivity contribution in [3.8, 4) is 0 Å². The minimum Gasteiger partial charge on any atom is -0.462 e. The van der Waals surface area contributed by atoms with E-state index in [1.807, 2.05) is 6.92 Å². The zero-order chi connectivity index (χ0) is 19.0. The third kappa shape index (κ3) is 2.49. The van der Waals surface area contributed by atoms with Crippen LogP contribution in [0.2, 0.25) is 0 Å². The third-order valence-corrected chi connectivity index (χ3v) is 4.52. The zero-order valence-corrected chi connectivity index (χ0v) is 14.9. The summed E-state index contributed by atoms with van der Waals surface area (Å²) in [5.41, 5.74) is -0.193. The lowest BCUT2D eigenvalue weighted by atomic mass is 9.82. The van der Waals surface area contributed by atoms with Crippen molar-refractivity contribution in [2.45, 2.75) is 33.7 Å². The van der Waals surface area contributed by atoms with Gasteiger partial charge in [-0.15, -0.1) is 0 Å². The van der Waals surface area contributed by atoms with Gasteiger partial charge in [0.1, 0.15) is 0 Å². The molecule has 0 radical (unpaired) electrons. The Morgan fingerprint density at radius 2 is 1.58 bits per heavy atom. The molecule has 2 aromatic rings. The van der Waals surface area contributed by atoms with E-state index in [1.54, 1.807) is 26.0 Å². The molecule has 1 aliphatic rings. The number of benzene rings is 1. The fourth-order valence-electron chi connectivity index (χ4n) is 3.37. The molecule has 6 heteroatoms. The van der Waals surface area contributed by atoms with Crippen LogP contribution in [0.3, 0.4) is 0 Å². The van der Waals surface area contributed by atoms with Crippen molar-refractivity contribution in [2.75, 3.05) is 6.61 Å². The number of hydrogen-bond acceptors (Lipinski definition) is 5. The van der Waals surface area contributed by atoms with Crippen LogP contribution in [0.5, 0.6) is 0 Å². The molecule has 0 fully saturated rings. The lowest BCUT2D eigenvalue weighted by Crippen LogP contribution is -2.37. The predicted molar refractivity (Wildman–Crippen MR) is 95.0 cm³/mol. The monoisotopic (exact) mass is 353 g/mol. The van der Waals surface area contributed by atoms with Crippen molar-refractivity contribution in [2.24, 2.45) is 0 Å². The number of ketones is 2. The van der Waals surface area contributed by atoms with Gasteiger partial charge in [0.25, 0.3) is 5.56 Å². The van der Waals surface area contributed by atoms with Gasteiger partial charge in [-0.3, -0.25) is 14.4 Å². The second kappa shape index (κ2) is 6.71. The zero-order valence-electron chi connectivity index (χ0n) is 14.9. The van der Waals surface area contributed by atoms with Crippen LogP contribution in [0, 0.1) is 6.92 Å². The summed E-state index contributed by atoms with van der Waals surface area (Å²) in [6.07, 6.45) is 0.639. The Hall–Kier alpha value is -3.02. The molecule has 0 N–H and O–H groups in total. The first-order chi connectivity index (χ1) is 12.4. The summed E-state index contributed by atoms with van der Waals surface area (Å²) in [5.74, 6) is -1.73. The van der Waals surface area contributed by atoms with Crippen molar-refractivity contribution >= 4 is 17.5 Å². The van der Waals surface area contributed by atoms with Crippen molar-refractivity contribution < 1.29 is 19.1 Å². The number of aromatic nitrogens is 1. The summed E-state index contributed by atoms with van der Waals surface area (Å²) in [7, 11) is 0. The summed E-state index contributed by atoms with van der Waals surface area (Å²) in [4.78, 5) is 51.5. The Kier molecular flexibility index (Phi) is 4.59. The first-order valence-electron chi connectivity index (χ1n) is 8.56. The van der Waals surface area contributed by atoms with Gasteiger partial charge in [-0.1, -0.05) is 31.2 Å². The number of carbonyl (C=O) groups excluding carboxylic acids is 3. The summed E-state index contributed by atoms with van der Waals surface area (Å²) in [5, 5.41) is 0. The highest BCUT2D eigenvalue weighted by atomic mass is 16.5. The standard InChI is InChI=1S/C20H19NO5/c1-4-10-21-11(3)14(20(25)26-5-2)15-16(19(21)24)18(23)13-9-7-6-8-12(13)17(15)22/h6-9H,4-5,10H2,1-3H3. The van der Waals surface area contributed by atoms with E-state index in [0.29, 0.717) is 18.7 Å². The summed E-state index contributed by atoms with van der Waals surface area (Å²) >= 11 is 0. The van der Waals surface area contributed by atoms with Crippen LogP contribution < -0.4 is 5.56 Å². The van der Waals surface area contributed by atoms with E-state index in [2.05, 4.69) is 0 Å². The molecule has 0 atom stereocenters. The maximum atomic E-state index is 13.0. The maximum Gasteiger partial charge on any atom is 0.340 e. The minimum atomic E-state index is -0.702. The molecule has 3 rings (SSSR count). The summed E-state index contributed by atoms with van der Waals surface area (Å²) in [6.45, 7) is 5.61. The Morgan fingerprint density at radius 1 is 1.00 bits per heavy atom. The van der Waals surface area contributed by atoms with E-state index in [1.165, 1.54) is 16.7 Å². The molecule has 0 saturated carbocycles. The number of rotatable bonds is 4. The molecule has 0 spiro atoms. The van der Waals surface area contributed by atoms with Crippen molar-refractivity contribution in [1.29, 1.82) is 0 Å². The molecule has 0 unspecified atom stereocenters.